The number of rotatable bonds is 9. The molecule has 1 aliphatic carbocycles. The number of alkyl halides is 3. The molecule has 2 heterocycles. The van der Waals surface area contributed by atoms with Crippen LogP contribution in [0.4, 0.5) is 13.2 Å². The number of methoxy groups -OCH3 is 1. The van der Waals surface area contributed by atoms with E-state index in [1.807, 2.05) is 0 Å². The van der Waals surface area contributed by atoms with Gasteiger partial charge in [-0.25, -0.2) is 13.9 Å². The van der Waals surface area contributed by atoms with E-state index in [1.165, 1.54) is 36.2 Å². The molecule has 1 saturated carbocycles. The highest BCUT2D eigenvalue weighted by Crippen LogP contribution is 2.37. The number of amides is 1. The highest BCUT2D eigenvalue weighted by molar-refractivity contribution is 6.01. The molecule has 4 rings (SSSR count). The Morgan fingerprint density at radius 3 is 2.51 bits per heavy atom. The van der Waals surface area contributed by atoms with E-state index in [0.29, 0.717) is 22.7 Å². The number of carbonyl (C=O) groups excluding carboxylic acids is 1. The van der Waals surface area contributed by atoms with Crippen molar-refractivity contribution in [2.45, 2.75) is 57.7 Å². The maximum atomic E-state index is 13.3. The van der Waals surface area contributed by atoms with Gasteiger partial charge in [0.25, 0.3) is 5.91 Å². The Morgan fingerprint density at radius 2 is 1.91 bits per heavy atom. The van der Waals surface area contributed by atoms with Crippen molar-refractivity contribution >= 4 is 11.6 Å². The van der Waals surface area contributed by atoms with Crippen LogP contribution in [0.25, 0.3) is 16.9 Å². The molecule has 0 bridgehead atoms. The Bertz CT molecular complexity index is 1240. The van der Waals surface area contributed by atoms with Gasteiger partial charge in [0.15, 0.2) is 5.65 Å². The summed E-state index contributed by atoms with van der Waals surface area (Å²) >= 11 is 0. The van der Waals surface area contributed by atoms with Crippen molar-refractivity contribution in [3.05, 3.63) is 36.2 Å². The summed E-state index contributed by atoms with van der Waals surface area (Å²) in [7, 11) is 1.28. The van der Waals surface area contributed by atoms with Gasteiger partial charge in [-0.2, -0.15) is 13.9 Å². The molecule has 3 aromatic rings. The molecule has 12 heteroatoms. The second-order valence-corrected chi connectivity index (χ2v) is 8.78. The molecule has 1 aromatic carbocycles. The number of halogens is 3. The normalized spacial score (nSPS) is 18.4. The third-order valence-electron chi connectivity index (χ3n) is 5.70. The van der Waals surface area contributed by atoms with Crippen LogP contribution in [-0.4, -0.2) is 63.3 Å². The summed E-state index contributed by atoms with van der Waals surface area (Å²) in [6, 6.07) is 3.64. The molecule has 1 fully saturated rings. The first kappa shape index (κ1) is 24.6. The van der Waals surface area contributed by atoms with Gasteiger partial charge < -0.3 is 24.6 Å². The summed E-state index contributed by atoms with van der Waals surface area (Å²) in [6.45, 7) is 1.74. The molecule has 0 unspecified atom stereocenters. The summed E-state index contributed by atoms with van der Waals surface area (Å²) in [4.78, 5) is 17.0. The Balaban J connectivity index is 1.72. The molecule has 0 aliphatic heterocycles. The van der Waals surface area contributed by atoms with Crippen LogP contribution in [0, 0.1) is 0 Å². The largest absolute Gasteiger partial charge is 0.496 e. The van der Waals surface area contributed by atoms with Gasteiger partial charge in [0.2, 0.25) is 0 Å². The molecular weight excluding hydrogens is 469 g/mol. The van der Waals surface area contributed by atoms with Crippen molar-refractivity contribution in [1.82, 2.24) is 19.9 Å². The van der Waals surface area contributed by atoms with E-state index in [2.05, 4.69) is 20.1 Å². The lowest BCUT2D eigenvalue weighted by Gasteiger charge is -2.26. The minimum absolute atomic E-state index is 0.0411. The van der Waals surface area contributed by atoms with Crippen LogP contribution in [0.15, 0.2) is 30.6 Å². The van der Waals surface area contributed by atoms with Crippen LogP contribution in [0.2, 0.25) is 0 Å². The van der Waals surface area contributed by atoms with Crippen molar-refractivity contribution in [1.29, 1.82) is 0 Å². The lowest BCUT2D eigenvalue weighted by Crippen LogP contribution is -2.37. The zero-order valence-electron chi connectivity index (χ0n) is 19.5. The predicted octanol–water partition coefficient (Wildman–Crippen LogP) is 3.38. The number of ether oxygens (including phenoxy) is 3. The number of imidazole rings is 1. The fourth-order valence-electron chi connectivity index (χ4n) is 3.33. The number of nitrogens with zero attached hydrogens (tertiary/aromatic N) is 3. The first-order valence-electron chi connectivity index (χ1n) is 10.8. The van der Waals surface area contributed by atoms with Crippen molar-refractivity contribution in [3.63, 3.8) is 0 Å². The Kier molecular flexibility index (Phi) is 6.50. The van der Waals surface area contributed by atoms with Crippen molar-refractivity contribution in [2.75, 3.05) is 7.11 Å². The summed E-state index contributed by atoms with van der Waals surface area (Å²) in [5.41, 5.74) is -0.225. The third kappa shape index (κ3) is 5.26. The highest BCUT2D eigenvalue weighted by atomic mass is 19.3. The standard InChI is InChI=1S/C23H25F3N4O5/c1-11(23(2,3)32)34-13-7-19-27-10-16(30(19)28-9-13)12-5-17(33-4)20(18(6-12)35-22(25)26)21(31)29-15-8-14(15)24/h5-7,9-11,14-15,22,32H,8H2,1-4H3,(H,29,31)/t11-,14-,15+/m0/s1. The summed E-state index contributed by atoms with van der Waals surface area (Å²) in [6.07, 6.45) is 1.35. The van der Waals surface area contributed by atoms with Crippen LogP contribution in [0.5, 0.6) is 17.2 Å². The molecule has 3 atom stereocenters. The molecule has 2 N–H and O–H groups in total. The van der Waals surface area contributed by atoms with E-state index in [9.17, 15) is 23.1 Å². The molecule has 2 aromatic heterocycles. The molecule has 0 radical (unpaired) electrons. The average molecular weight is 494 g/mol. The zero-order chi connectivity index (χ0) is 25.5. The molecular formula is C23H25F3N4O5. The van der Waals surface area contributed by atoms with E-state index < -0.39 is 42.2 Å². The van der Waals surface area contributed by atoms with Gasteiger partial charge >= 0.3 is 6.61 Å². The second kappa shape index (κ2) is 9.25. The Labute approximate surface area is 198 Å². The van der Waals surface area contributed by atoms with Gasteiger partial charge in [-0.3, -0.25) is 4.79 Å². The number of aromatic nitrogens is 3. The number of hydrogen-bond donors (Lipinski definition) is 2. The number of carbonyl (C=O) groups is 1. The molecule has 9 nitrogen and oxygen atoms in total. The zero-order valence-corrected chi connectivity index (χ0v) is 19.5. The number of fused-ring (bicyclic) bond motifs is 1. The van der Waals surface area contributed by atoms with Crippen LogP contribution in [-0.2, 0) is 0 Å². The number of benzene rings is 1. The van der Waals surface area contributed by atoms with Crippen molar-refractivity contribution in [3.8, 4) is 28.5 Å². The molecule has 188 valence electrons. The maximum Gasteiger partial charge on any atom is 0.387 e. The van der Waals surface area contributed by atoms with Gasteiger partial charge in [0.05, 0.1) is 36.8 Å². The van der Waals surface area contributed by atoms with Crippen LogP contribution >= 0.6 is 0 Å². The molecule has 35 heavy (non-hydrogen) atoms. The van der Waals surface area contributed by atoms with E-state index in [-0.39, 0.29) is 17.7 Å². The Hall–Kier alpha value is -3.54. The van der Waals surface area contributed by atoms with Crippen molar-refractivity contribution < 1.29 is 37.3 Å². The monoisotopic (exact) mass is 494 g/mol. The first-order valence-corrected chi connectivity index (χ1v) is 10.8. The lowest BCUT2D eigenvalue weighted by atomic mass is 10.0. The van der Waals surface area contributed by atoms with E-state index in [4.69, 9.17) is 9.47 Å². The van der Waals surface area contributed by atoms with Gasteiger partial charge in [-0.05, 0) is 32.9 Å². The van der Waals surface area contributed by atoms with Gasteiger partial charge in [0, 0.05) is 18.1 Å². The van der Waals surface area contributed by atoms with E-state index >= 15 is 0 Å². The third-order valence-corrected chi connectivity index (χ3v) is 5.70. The van der Waals surface area contributed by atoms with E-state index in [0.717, 1.165) is 0 Å². The van der Waals surface area contributed by atoms with Crippen molar-refractivity contribution in [2.24, 2.45) is 0 Å². The quantitative estimate of drug-likeness (QED) is 0.470. The summed E-state index contributed by atoms with van der Waals surface area (Å²) in [5, 5.41) is 16.8. The lowest BCUT2D eigenvalue weighted by molar-refractivity contribution is -0.0502. The average Bonchev–Trinajstić information content (AvgIpc) is 3.29. The fraction of sp³-hybridized carbons (Fsp3) is 0.435. The van der Waals surface area contributed by atoms with Crippen LogP contribution < -0.4 is 19.5 Å². The second-order valence-electron chi connectivity index (χ2n) is 8.78. The number of aliphatic hydroxyl groups is 1. The summed E-state index contributed by atoms with van der Waals surface area (Å²) in [5.74, 6) is -0.882. The smallest absolute Gasteiger partial charge is 0.387 e. The SMILES string of the molecule is COc1cc(-c2cnc3cc(O[C@@H](C)C(C)(C)O)cnn23)cc(OC(F)F)c1C(=O)N[C@@H]1C[C@@H]1F. The predicted molar refractivity (Wildman–Crippen MR) is 119 cm³/mol. The van der Waals surface area contributed by atoms with Gasteiger partial charge in [-0.15, -0.1) is 0 Å². The highest BCUT2D eigenvalue weighted by Gasteiger charge is 2.40. The molecule has 0 saturated heterocycles. The first-order chi connectivity index (χ1) is 16.5. The summed E-state index contributed by atoms with van der Waals surface area (Å²) < 4.78 is 56.7. The molecule has 0 spiro atoms. The van der Waals surface area contributed by atoms with Crippen LogP contribution in [0.1, 0.15) is 37.6 Å². The Morgan fingerprint density at radius 1 is 1.23 bits per heavy atom. The molecule has 1 amide bonds. The van der Waals surface area contributed by atoms with Crippen LogP contribution in [0.3, 0.4) is 0 Å². The van der Waals surface area contributed by atoms with Gasteiger partial charge in [-0.1, -0.05) is 0 Å². The van der Waals surface area contributed by atoms with Gasteiger partial charge in [0.1, 0.15) is 35.1 Å². The molecule has 1 aliphatic rings. The topological polar surface area (TPSA) is 107 Å². The fourth-order valence-corrected chi connectivity index (χ4v) is 3.33. The van der Waals surface area contributed by atoms with E-state index in [1.54, 1.807) is 26.8 Å². The minimum atomic E-state index is -3.21. The number of nitrogens with one attached hydrogen (secondary N) is 1. The number of hydrogen-bond acceptors (Lipinski definition) is 7. The maximum absolute atomic E-state index is 13.3. The minimum Gasteiger partial charge on any atom is -0.496 e.